The van der Waals surface area contributed by atoms with Crippen LogP contribution in [0.3, 0.4) is 0 Å². The van der Waals surface area contributed by atoms with Crippen LogP contribution in [-0.2, 0) is 29.1 Å². The molecule has 0 saturated carbocycles. The van der Waals surface area contributed by atoms with E-state index in [1.54, 1.807) is 4.90 Å². The van der Waals surface area contributed by atoms with Gasteiger partial charge in [0.25, 0.3) is 0 Å². The molecule has 134 valence electrons. The summed E-state index contributed by atoms with van der Waals surface area (Å²) in [6.07, 6.45) is 3.49. The van der Waals surface area contributed by atoms with Crippen molar-refractivity contribution in [3.05, 3.63) is 11.6 Å². The first-order valence-electron chi connectivity index (χ1n) is 8.24. The van der Waals surface area contributed by atoms with Crippen LogP contribution in [0.25, 0.3) is 0 Å². The fourth-order valence-electron chi connectivity index (χ4n) is 3.34. The van der Waals surface area contributed by atoms with Gasteiger partial charge in [-0.05, 0) is 19.3 Å². The largest absolute Gasteiger partial charge is 0.348 e. The van der Waals surface area contributed by atoms with Crippen molar-refractivity contribution < 1.29 is 9.59 Å². The van der Waals surface area contributed by atoms with E-state index in [9.17, 15) is 9.59 Å². The Morgan fingerprint density at radius 2 is 2.08 bits per heavy atom. The maximum Gasteiger partial charge on any atom is 0.225 e. The van der Waals surface area contributed by atoms with E-state index in [0.29, 0.717) is 26.1 Å². The van der Waals surface area contributed by atoms with Crippen LogP contribution in [0.4, 0.5) is 0 Å². The topological polar surface area (TPSA) is 106 Å². The number of hydrogen-bond donors (Lipinski definition) is 2. The van der Waals surface area contributed by atoms with Crippen LogP contribution in [0.15, 0.2) is 0 Å². The molecule has 0 unspecified atom stereocenters. The Kier molecular flexibility index (Phi) is 6.17. The van der Waals surface area contributed by atoms with E-state index in [4.69, 9.17) is 5.73 Å². The standard InChI is InChI=1S/C15H24N6O2.ClH/c1-10(22)20-8-11(4-5-12(16)9-20)15(23)17-7-14-19-18-13-3-2-6-21(13)14;/h11-12H,2-9,16H2,1H3,(H,17,23);1H/t11-,12+;/m1./s1. The summed E-state index contributed by atoms with van der Waals surface area (Å²) in [5, 5.41) is 11.2. The fraction of sp³-hybridized carbons (Fsp3) is 0.733. The first-order valence-corrected chi connectivity index (χ1v) is 8.24. The third kappa shape index (κ3) is 4.05. The molecule has 9 heteroatoms. The molecule has 1 saturated heterocycles. The molecule has 1 aromatic heterocycles. The molecule has 2 amide bonds. The molecule has 2 atom stereocenters. The zero-order valence-electron chi connectivity index (χ0n) is 13.9. The van der Waals surface area contributed by atoms with Gasteiger partial charge in [0.05, 0.1) is 12.5 Å². The molecule has 3 N–H and O–H groups in total. The van der Waals surface area contributed by atoms with Crippen molar-refractivity contribution in [2.24, 2.45) is 11.7 Å². The quantitative estimate of drug-likeness (QED) is 0.783. The molecular weight excluding hydrogens is 332 g/mol. The second kappa shape index (κ2) is 7.94. The lowest BCUT2D eigenvalue weighted by molar-refractivity contribution is -0.131. The van der Waals surface area contributed by atoms with Crippen molar-refractivity contribution in [2.45, 2.75) is 51.7 Å². The van der Waals surface area contributed by atoms with Crippen LogP contribution >= 0.6 is 12.4 Å². The second-order valence-electron chi connectivity index (χ2n) is 6.46. The molecule has 1 fully saturated rings. The zero-order chi connectivity index (χ0) is 16.4. The third-order valence-electron chi connectivity index (χ3n) is 4.70. The minimum absolute atomic E-state index is 0. The van der Waals surface area contributed by atoms with Gasteiger partial charge in [-0.3, -0.25) is 9.59 Å². The van der Waals surface area contributed by atoms with Crippen LogP contribution in [0, 0.1) is 5.92 Å². The normalized spacial score (nSPS) is 23.2. The SMILES string of the molecule is CC(=O)N1C[C@@H](N)CC[C@@H](C(=O)NCc2nnc3n2CCC3)C1.Cl. The monoisotopic (exact) mass is 356 g/mol. The number of amides is 2. The van der Waals surface area contributed by atoms with Crippen molar-refractivity contribution in [1.29, 1.82) is 0 Å². The minimum Gasteiger partial charge on any atom is -0.348 e. The molecule has 3 heterocycles. The highest BCUT2D eigenvalue weighted by Gasteiger charge is 2.28. The van der Waals surface area contributed by atoms with E-state index in [1.807, 2.05) is 0 Å². The van der Waals surface area contributed by atoms with Crippen LogP contribution in [0.2, 0.25) is 0 Å². The van der Waals surface area contributed by atoms with Gasteiger partial charge >= 0.3 is 0 Å². The molecule has 2 aliphatic rings. The van der Waals surface area contributed by atoms with E-state index in [0.717, 1.165) is 37.5 Å². The number of aromatic nitrogens is 3. The Morgan fingerprint density at radius 1 is 1.29 bits per heavy atom. The zero-order valence-corrected chi connectivity index (χ0v) is 14.7. The average Bonchev–Trinajstić information content (AvgIpc) is 3.05. The van der Waals surface area contributed by atoms with Gasteiger partial charge in [0, 0.05) is 39.0 Å². The van der Waals surface area contributed by atoms with Gasteiger partial charge in [0.15, 0.2) is 5.82 Å². The minimum atomic E-state index is -0.214. The molecule has 1 aromatic rings. The highest BCUT2D eigenvalue weighted by molar-refractivity contribution is 5.85. The summed E-state index contributed by atoms with van der Waals surface area (Å²) in [4.78, 5) is 25.8. The number of hydrogen-bond acceptors (Lipinski definition) is 5. The number of halogens is 1. The number of likely N-dealkylation sites (tertiary alicyclic amines) is 1. The maximum absolute atomic E-state index is 12.5. The molecule has 2 aliphatic heterocycles. The number of carbonyl (C=O) groups is 2. The van der Waals surface area contributed by atoms with E-state index in [1.165, 1.54) is 6.92 Å². The summed E-state index contributed by atoms with van der Waals surface area (Å²) in [6, 6.07) is -0.0588. The summed E-state index contributed by atoms with van der Waals surface area (Å²) < 4.78 is 2.07. The number of nitrogens with zero attached hydrogens (tertiary/aromatic N) is 4. The van der Waals surface area contributed by atoms with Crippen LogP contribution in [0.1, 0.15) is 37.8 Å². The van der Waals surface area contributed by atoms with E-state index in [-0.39, 0.29) is 36.2 Å². The Balaban J connectivity index is 0.00000208. The third-order valence-corrected chi connectivity index (χ3v) is 4.70. The number of nitrogens with one attached hydrogen (secondary N) is 1. The van der Waals surface area contributed by atoms with Crippen molar-refractivity contribution in [3.8, 4) is 0 Å². The van der Waals surface area contributed by atoms with Crippen molar-refractivity contribution in [1.82, 2.24) is 25.0 Å². The van der Waals surface area contributed by atoms with Crippen LogP contribution in [-0.4, -0.2) is 50.6 Å². The van der Waals surface area contributed by atoms with Gasteiger partial charge in [0.2, 0.25) is 11.8 Å². The molecule has 24 heavy (non-hydrogen) atoms. The Hall–Kier alpha value is -1.67. The summed E-state index contributed by atoms with van der Waals surface area (Å²) in [5.41, 5.74) is 5.99. The molecule has 0 aromatic carbocycles. The van der Waals surface area contributed by atoms with Crippen molar-refractivity contribution in [2.75, 3.05) is 13.1 Å². The summed E-state index contributed by atoms with van der Waals surface area (Å²) >= 11 is 0. The average molecular weight is 357 g/mol. The Bertz CT molecular complexity index is 605. The molecule has 0 spiro atoms. The summed E-state index contributed by atoms with van der Waals surface area (Å²) in [5.74, 6) is 1.52. The van der Waals surface area contributed by atoms with Gasteiger partial charge in [0.1, 0.15) is 5.82 Å². The first-order chi connectivity index (χ1) is 11.0. The van der Waals surface area contributed by atoms with E-state index in [2.05, 4.69) is 20.1 Å². The van der Waals surface area contributed by atoms with Gasteiger partial charge < -0.3 is 20.5 Å². The highest BCUT2D eigenvalue weighted by Crippen LogP contribution is 2.17. The van der Waals surface area contributed by atoms with Gasteiger partial charge in [-0.2, -0.15) is 0 Å². The highest BCUT2D eigenvalue weighted by atomic mass is 35.5. The number of aryl methyl sites for hydroxylation is 1. The number of nitrogens with two attached hydrogens (primary N) is 1. The maximum atomic E-state index is 12.5. The molecule has 0 bridgehead atoms. The lowest BCUT2D eigenvalue weighted by atomic mass is 10.0. The molecular formula is C15H25ClN6O2. The van der Waals surface area contributed by atoms with E-state index >= 15 is 0 Å². The van der Waals surface area contributed by atoms with Crippen LogP contribution < -0.4 is 11.1 Å². The number of rotatable bonds is 3. The van der Waals surface area contributed by atoms with Crippen molar-refractivity contribution >= 4 is 24.2 Å². The lowest BCUT2D eigenvalue weighted by Crippen LogP contribution is -2.42. The van der Waals surface area contributed by atoms with Gasteiger partial charge in [-0.25, -0.2) is 0 Å². The van der Waals surface area contributed by atoms with Gasteiger partial charge in [-0.1, -0.05) is 0 Å². The predicted octanol–water partition coefficient (Wildman–Crippen LogP) is -0.152. The van der Waals surface area contributed by atoms with Crippen molar-refractivity contribution in [3.63, 3.8) is 0 Å². The first kappa shape index (κ1) is 18.7. The molecule has 8 nitrogen and oxygen atoms in total. The summed E-state index contributed by atoms with van der Waals surface area (Å²) in [7, 11) is 0. The Morgan fingerprint density at radius 3 is 2.83 bits per heavy atom. The predicted molar refractivity (Wildman–Crippen MR) is 90.4 cm³/mol. The summed E-state index contributed by atoms with van der Waals surface area (Å²) in [6.45, 7) is 3.79. The van der Waals surface area contributed by atoms with Crippen LogP contribution in [0.5, 0.6) is 0 Å². The second-order valence-corrected chi connectivity index (χ2v) is 6.46. The molecule has 3 rings (SSSR count). The van der Waals surface area contributed by atoms with E-state index < -0.39 is 0 Å². The number of carbonyl (C=O) groups excluding carboxylic acids is 2. The lowest BCUT2D eigenvalue weighted by Gasteiger charge is -2.23. The smallest absolute Gasteiger partial charge is 0.225 e. The molecule has 0 aliphatic carbocycles. The Labute approximate surface area is 147 Å². The fourth-order valence-corrected chi connectivity index (χ4v) is 3.34. The molecule has 0 radical (unpaired) electrons. The van der Waals surface area contributed by atoms with Gasteiger partial charge in [-0.15, -0.1) is 22.6 Å². The number of fused-ring (bicyclic) bond motifs is 1.